The molecule has 4 rings (SSSR count). The van der Waals surface area contributed by atoms with Gasteiger partial charge in [-0.25, -0.2) is 4.98 Å². The molecule has 0 aliphatic carbocycles. The van der Waals surface area contributed by atoms with Gasteiger partial charge in [-0.3, -0.25) is 4.99 Å². The normalized spacial score (nSPS) is 15.8. The van der Waals surface area contributed by atoms with Crippen molar-refractivity contribution in [3.8, 4) is 17.2 Å². The highest BCUT2D eigenvalue weighted by molar-refractivity contribution is 5.80. The standard InChI is InChI=1S/C21H25F2N5O4/c1-24-21(26-11-14-3-2-4-25-19(14)28-5-7-29-8-6-28)27-12-15-9-17-18(31-13-30-17)10-16(15)32-20(22)23/h2-4,9-10,20H,5-8,11-13H2,1H3,(H2,24,26,27). The quantitative estimate of drug-likeness (QED) is 0.491. The van der Waals surface area contributed by atoms with E-state index in [9.17, 15) is 8.78 Å². The number of aromatic nitrogens is 1. The van der Waals surface area contributed by atoms with Gasteiger partial charge in [-0.15, -0.1) is 0 Å². The number of rotatable bonds is 7. The van der Waals surface area contributed by atoms with Gasteiger partial charge in [0.25, 0.3) is 0 Å². The van der Waals surface area contributed by atoms with Crippen LogP contribution in [0.15, 0.2) is 35.5 Å². The lowest BCUT2D eigenvalue weighted by Gasteiger charge is -2.29. The van der Waals surface area contributed by atoms with Gasteiger partial charge in [0, 0.05) is 56.6 Å². The molecule has 2 aromatic rings. The van der Waals surface area contributed by atoms with Crippen molar-refractivity contribution in [2.75, 3.05) is 45.0 Å². The fourth-order valence-corrected chi connectivity index (χ4v) is 3.52. The van der Waals surface area contributed by atoms with E-state index in [1.165, 1.54) is 6.07 Å². The highest BCUT2D eigenvalue weighted by Gasteiger charge is 2.20. The van der Waals surface area contributed by atoms with E-state index in [2.05, 4.69) is 30.2 Å². The Kier molecular flexibility index (Phi) is 7.05. The van der Waals surface area contributed by atoms with Crippen LogP contribution in [0.5, 0.6) is 17.2 Å². The Morgan fingerprint density at radius 1 is 1.16 bits per heavy atom. The molecule has 0 bridgehead atoms. The summed E-state index contributed by atoms with van der Waals surface area (Å²) in [6, 6.07) is 6.92. The Bertz CT molecular complexity index is 954. The first kappa shape index (κ1) is 21.9. The van der Waals surface area contributed by atoms with Gasteiger partial charge in [-0.05, 0) is 12.1 Å². The van der Waals surface area contributed by atoms with Crippen molar-refractivity contribution in [3.05, 3.63) is 41.6 Å². The maximum Gasteiger partial charge on any atom is 0.387 e. The summed E-state index contributed by atoms with van der Waals surface area (Å²) in [5.74, 6) is 2.29. The maximum absolute atomic E-state index is 12.8. The minimum absolute atomic E-state index is 0.0223. The van der Waals surface area contributed by atoms with Crippen molar-refractivity contribution in [1.29, 1.82) is 0 Å². The van der Waals surface area contributed by atoms with E-state index in [1.54, 1.807) is 19.3 Å². The van der Waals surface area contributed by atoms with E-state index in [-0.39, 0.29) is 19.1 Å². The van der Waals surface area contributed by atoms with Crippen LogP contribution < -0.4 is 29.7 Å². The van der Waals surface area contributed by atoms with E-state index in [1.807, 2.05) is 12.1 Å². The first-order valence-corrected chi connectivity index (χ1v) is 10.2. The minimum atomic E-state index is -2.95. The Morgan fingerprint density at radius 2 is 1.88 bits per heavy atom. The number of pyridine rings is 1. The van der Waals surface area contributed by atoms with Gasteiger partial charge in [0.15, 0.2) is 17.5 Å². The molecule has 0 spiro atoms. The topological polar surface area (TPSA) is 89.5 Å². The smallest absolute Gasteiger partial charge is 0.387 e. The highest BCUT2D eigenvalue weighted by Crippen LogP contribution is 2.38. The third-order valence-corrected chi connectivity index (χ3v) is 5.07. The second-order valence-electron chi connectivity index (χ2n) is 7.06. The predicted molar refractivity (Wildman–Crippen MR) is 114 cm³/mol. The van der Waals surface area contributed by atoms with Gasteiger partial charge in [-0.1, -0.05) is 6.07 Å². The molecule has 1 aromatic carbocycles. The SMILES string of the molecule is CN=C(NCc1cc2c(cc1OC(F)F)OCO2)NCc1cccnc1N1CCOCC1. The van der Waals surface area contributed by atoms with E-state index < -0.39 is 6.61 Å². The first-order chi connectivity index (χ1) is 15.6. The number of fused-ring (bicyclic) bond motifs is 1. The van der Waals surface area contributed by atoms with Crippen molar-refractivity contribution in [2.45, 2.75) is 19.7 Å². The fourth-order valence-electron chi connectivity index (χ4n) is 3.52. The second kappa shape index (κ2) is 10.3. The van der Waals surface area contributed by atoms with Gasteiger partial charge in [0.1, 0.15) is 11.6 Å². The third-order valence-electron chi connectivity index (χ3n) is 5.07. The summed E-state index contributed by atoms with van der Waals surface area (Å²) in [4.78, 5) is 10.9. The van der Waals surface area contributed by atoms with Crippen LogP contribution in [0.2, 0.25) is 0 Å². The summed E-state index contributed by atoms with van der Waals surface area (Å²) >= 11 is 0. The van der Waals surface area contributed by atoms with Gasteiger partial charge in [0.05, 0.1) is 13.2 Å². The maximum atomic E-state index is 12.8. The van der Waals surface area contributed by atoms with Crippen LogP contribution in [-0.4, -0.2) is 57.7 Å². The average Bonchev–Trinajstić information content (AvgIpc) is 3.27. The van der Waals surface area contributed by atoms with Gasteiger partial charge in [-0.2, -0.15) is 8.78 Å². The lowest BCUT2D eigenvalue weighted by atomic mass is 10.1. The Labute approximate surface area is 184 Å². The zero-order chi connectivity index (χ0) is 22.3. The highest BCUT2D eigenvalue weighted by atomic mass is 19.3. The number of nitrogens with one attached hydrogen (secondary N) is 2. The number of ether oxygens (including phenoxy) is 4. The number of anilines is 1. The largest absolute Gasteiger partial charge is 0.454 e. The van der Waals surface area contributed by atoms with Crippen molar-refractivity contribution in [2.24, 2.45) is 4.99 Å². The van der Waals surface area contributed by atoms with Crippen LogP contribution in [0, 0.1) is 0 Å². The molecule has 2 N–H and O–H groups in total. The van der Waals surface area contributed by atoms with Gasteiger partial charge in [0.2, 0.25) is 6.79 Å². The molecule has 9 nitrogen and oxygen atoms in total. The van der Waals surface area contributed by atoms with E-state index >= 15 is 0 Å². The molecule has 1 aromatic heterocycles. The van der Waals surface area contributed by atoms with Crippen LogP contribution in [0.1, 0.15) is 11.1 Å². The van der Waals surface area contributed by atoms with Crippen LogP contribution in [-0.2, 0) is 17.8 Å². The third kappa shape index (κ3) is 5.28. The van der Waals surface area contributed by atoms with Crippen LogP contribution >= 0.6 is 0 Å². The van der Waals surface area contributed by atoms with Crippen LogP contribution in [0.25, 0.3) is 0 Å². The average molecular weight is 449 g/mol. The minimum Gasteiger partial charge on any atom is -0.454 e. The van der Waals surface area contributed by atoms with Crippen LogP contribution in [0.4, 0.5) is 14.6 Å². The fraction of sp³-hybridized carbons (Fsp3) is 0.429. The van der Waals surface area contributed by atoms with Crippen molar-refractivity contribution in [3.63, 3.8) is 0 Å². The molecule has 2 aliphatic rings. The summed E-state index contributed by atoms with van der Waals surface area (Å²) in [7, 11) is 1.64. The van der Waals surface area contributed by atoms with Gasteiger partial charge < -0.3 is 34.5 Å². The molecule has 11 heteroatoms. The molecule has 1 fully saturated rings. The molecule has 0 radical (unpaired) electrons. The molecular formula is C21H25F2N5O4. The zero-order valence-electron chi connectivity index (χ0n) is 17.6. The summed E-state index contributed by atoms with van der Waals surface area (Å²) in [6.45, 7) is 0.693. The summed E-state index contributed by atoms with van der Waals surface area (Å²) in [5.41, 5.74) is 1.51. The number of morpholine rings is 1. The summed E-state index contributed by atoms with van der Waals surface area (Å²) in [6.07, 6.45) is 1.77. The number of nitrogens with zero attached hydrogens (tertiary/aromatic N) is 3. The van der Waals surface area contributed by atoms with E-state index in [0.29, 0.717) is 42.8 Å². The Balaban J connectivity index is 1.40. The first-order valence-electron chi connectivity index (χ1n) is 10.2. The van der Waals surface area contributed by atoms with Gasteiger partial charge >= 0.3 is 6.61 Å². The number of hydrogen-bond acceptors (Lipinski definition) is 7. The number of hydrogen-bond donors (Lipinski definition) is 2. The molecule has 0 amide bonds. The molecule has 0 saturated carbocycles. The molecule has 0 atom stereocenters. The molecular weight excluding hydrogens is 424 g/mol. The molecule has 172 valence electrons. The lowest BCUT2D eigenvalue weighted by Crippen LogP contribution is -2.39. The lowest BCUT2D eigenvalue weighted by molar-refractivity contribution is -0.0505. The van der Waals surface area contributed by atoms with Crippen molar-refractivity contribution in [1.82, 2.24) is 15.6 Å². The monoisotopic (exact) mass is 449 g/mol. The Morgan fingerprint density at radius 3 is 2.59 bits per heavy atom. The van der Waals surface area contributed by atoms with E-state index in [0.717, 1.165) is 24.5 Å². The molecule has 3 heterocycles. The second-order valence-corrected chi connectivity index (χ2v) is 7.06. The molecule has 1 saturated heterocycles. The zero-order valence-corrected chi connectivity index (χ0v) is 17.6. The van der Waals surface area contributed by atoms with E-state index in [4.69, 9.17) is 14.2 Å². The van der Waals surface area contributed by atoms with Crippen molar-refractivity contribution >= 4 is 11.8 Å². The number of guanidine groups is 1. The van der Waals surface area contributed by atoms with Crippen molar-refractivity contribution < 1.29 is 27.7 Å². The Hall–Kier alpha value is -3.34. The molecule has 2 aliphatic heterocycles. The number of alkyl halides is 2. The summed E-state index contributed by atoms with van der Waals surface area (Å²) < 4.78 is 46.4. The molecule has 32 heavy (non-hydrogen) atoms. The number of benzene rings is 1. The van der Waals surface area contributed by atoms with Crippen LogP contribution in [0.3, 0.4) is 0 Å². The predicted octanol–water partition coefficient (Wildman–Crippen LogP) is 2.11. The molecule has 0 unspecified atom stereocenters. The number of aliphatic imine (C=N–C) groups is 1. The number of halogens is 2. The summed E-state index contributed by atoms with van der Waals surface area (Å²) in [5, 5.41) is 6.37.